The normalized spacial score (nSPS) is 16.9. The molecule has 0 saturated carbocycles. The number of ether oxygens (including phenoxy) is 1. The maximum atomic E-state index is 14.9. The number of nitrogens with one attached hydrogen (secondary N) is 1. The molecule has 0 aliphatic carbocycles. The summed E-state index contributed by atoms with van der Waals surface area (Å²) in [6.45, 7) is 3.16. The van der Waals surface area contributed by atoms with Crippen LogP contribution < -0.4 is 10.2 Å². The molecular weight excluding hydrogens is 469 g/mol. The summed E-state index contributed by atoms with van der Waals surface area (Å²) in [5.41, 5.74) is -2.76. The molecule has 0 saturated heterocycles. The van der Waals surface area contributed by atoms with Crippen LogP contribution >= 0.6 is 0 Å². The molecule has 34 heavy (non-hydrogen) atoms. The number of carbonyl (C=O) groups is 1. The Morgan fingerprint density at radius 2 is 1.71 bits per heavy atom. The van der Waals surface area contributed by atoms with E-state index in [0.717, 1.165) is 0 Å². The van der Waals surface area contributed by atoms with Crippen molar-refractivity contribution in [2.45, 2.75) is 57.7 Å². The van der Waals surface area contributed by atoms with Crippen LogP contribution in [-0.4, -0.2) is 18.7 Å². The number of anilines is 1. The van der Waals surface area contributed by atoms with Gasteiger partial charge in [0.1, 0.15) is 5.82 Å². The first-order valence-corrected chi connectivity index (χ1v) is 10.6. The summed E-state index contributed by atoms with van der Waals surface area (Å²) in [5, 5.41) is 2.88. The number of hydrogen-bond donors (Lipinski definition) is 1. The number of benzene rings is 2. The number of hydrogen-bond acceptors (Lipinski definition) is 3. The van der Waals surface area contributed by atoms with Gasteiger partial charge in [-0.15, -0.1) is 0 Å². The van der Waals surface area contributed by atoms with E-state index in [9.17, 15) is 35.5 Å². The number of nitrogens with zero attached hydrogens (tertiary/aromatic N) is 1. The Balaban J connectivity index is 1.92. The highest BCUT2D eigenvalue weighted by atomic mass is 19.4. The minimum atomic E-state index is -4.96. The fourth-order valence-corrected chi connectivity index (χ4v) is 3.85. The molecule has 2 aromatic rings. The van der Waals surface area contributed by atoms with E-state index in [1.165, 1.54) is 23.1 Å². The van der Waals surface area contributed by atoms with E-state index in [1.807, 2.05) is 0 Å². The molecule has 0 spiro atoms. The molecule has 1 aliphatic rings. The number of halogens is 7. The summed E-state index contributed by atoms with van der Waals surface area (Å²) in [4.78, 5) is 13.8. The van der Waals surface area contributed by atoms with Crippen LogP contribution in [-0.2, 0) is 23.6 Å². The van der Waals surface area contributed by atoms with Gasteiger partial charge in [0, 0.05) is 24.7 Å². The van der Waals surface area contributed by atoms with Gasteiger partial charge in [-0.3, -0.25) is 4.90 Å². The predicted octanol–water partition coefficient (Wildman–Crippen LogP) is 6.84. The van der Waals surface area contributed by atoms with Crippen molar-refractivity contribution in [1.82, 2.24) is 5.32 Å². The molecule has 2 aromatic carbocycles. The van der Waals surface area contributed by atoms with E-state index in [4.69, 9.17) is 4.74 Å². The molecule has 1 atom stereocenters. The van der Waals surface area contributed by atoms with Gasteiger partial charge in [-0.2, -0.15) is 26.3 Å². The number of fused-ring (bicyclic) bond motifs is 1. The monoisotopic (exact) mass is 492 g/mol. The third-order valence-electron chi connectivity index (χ3n) is 5.30. The number of carbonyl (C=O) groups excluding carboxylic acids is 1. The maximum absolute atomic E-state index is 14.9. The van der Waals surface area contributed by atoms with Crippen molar-refractivity contribution in [3.05, 3.63) is 64.5 Å². The van der Waals surface area contributed by atoms with E-state index in [-0.39, 0.29) is 36.0 Å². The van der Waals surface area contributed by atoms with Crippen molar-refractivity contribution in [3.8, 4) is 0 Å². The fourth-order valence-electron chi connectivity index (χ4n) is 3.85. The largest absolute Gasteiger partial charge is 0.446 e. The molecular formula is C23H23F7N2O2. The topological polar surface area (TPSA) is 41.6 Å². The standard InChI is InChI=1S/C23H23F7N2O2/c1-13(2)34-21(33)32-8-4-6-18(20-17(24)5-3-7-19(20)32)31-12-14-9-15(22(25,26)27)11-16(10-14)23(28,29)30/h3,5,7,9-11,13,18,31H,4,6,8,12H2,1-2H3. The lowest BCUT2D eigenvalue weighted by Crippen LogP contribution is -2.34. The molecule has 1 heterocycles. The zero-order chi connectivity index (χ0) is 25.3. The quantitative estimate of drug-likeness (QED) is 0.476. The fraction of sp³-hybridized carbons (Fsp3) is 0.435. The molecule has 4 nitrogen and oxygen atoms in total. The lowest BCUT2D eigenvalue weighted by atomic mass is 9.99. The summed E-state index contributed by atoms with van der Waals surface area (Å²) in [6, 6.07) is 4.68. The molecule has 1 aliphatic heterocycles. The van der Waals surface area contributed by atoms with Crippen LogP contribution in [0.1, 0.15) is 55.0 Å². The van der Waals surface area contributed by atoms with E-state index in [2.05, 4.69) is 5.32 Å². The molecule has 3 rings (SSSR count). The Bertz CT molecular complexity index is 1000. The number of alkyl halides is 6. The first-order chi connectivity index (χ1) is 15.8. The van der Waals surface area contributed by atoms with Crippen LogP contribution in [0.3, 0.4) is 0 Å². The van der Waals surface area contributed by atoms with Gasteiger partial charge in [-0.1, -0.05) is 6.07 Å². The third-order valence-corrected chi connectivity index (χ3v) is 5.30. The van der Waals surface area contributed by atoms with Gasteiger partial charge < -0.3 is 10.1 Å². The average Bonchev–Trinajstić information content (AvgIpc) is 2.90. The zero-order valence-corrected chi connectivity index (χ0v) is 18.4. The lowest BCUT2D eigenvalue weighted by Gasteiger charge is -2.25. The van der Waals surface area contributed by atoms with Crippen molar-refractivity contribution >= 4 is 11.8 Å². The molecule has 1 N–H and O–H groups in total. The molecule has 0 aromatic heterocycles. The van der Waals surface area contributed by atoms with Gasteiger partial charge in [0.05, 0.1) is 22.9 Å². The summed E-state index contributed by atoms with van der Waals surface area (Å²) < 4.78 is 99.0. The van der Waals surface area contributed by atoms with Crippen molar-refractivity contribution in [1.29, 1.82) is 0 Å². The van der Waals surface area contributed by atoms with Crippen molar-refractivity contribution in [2.75, 3.05) is 11.4 Å². The van der Waals surface area contributed by atoms with E-state index in [0.29, 0.717) is 25.0 Å². The van der Waals surface area contributed by atoms with Gasteiger partial charge in [0.25, 0.3) is 0 Å². The Hall–Kier alpha value is -2.82. The first kappa shape index (κ1) is 25.8. The minimum Gasteiger partial charge on any atom is -0.446 e. The summed E-state index contributed by atoms with van der Waals surface area (Å²) in [6.07, 6.45) is -10.3. The van der Waals surface area contributed by atoms with Crippen LogP contribution in [0.25, 0.3) is 0 Å². The Morgan fingerprint density at radius 1 is 1.09 bits per heavy atom. The van der Waals surface area contributed by atoms with Gasteiger partial charge in [-0.05, 0) is 62.6 Å². The minimum absolute atomic E-state index is 0.0579. The zero-order valence-electron chi connectivity index (χ0n) is 18.4. The van der Waals surface area contributed by atoms with Gasteiger partial charge in [0.2, 0.25) is 0 Å². The van der Waals surface area contributed by atoms with E-state index in [1.54, 1.807) is 13.8 Å². The van der Waals surface area contributed by atoms with Crippen LogP contribution in [0.4, 0.5) is 41.2 Å². The first-order valence-electron chi connectivity index (χ1n) is 10.6. The Morgan fingerprint density at radius 3 is 2.26 bits per heavy atom. The second kappa shape index (κ2) is 9.81. The molecule has 186 valence electrons. The van der Waals surface area contributed by atoms with Crippen molar-refractivity contribution < 1.29 is 40.3 Å². The predicted molar refractivity (Wildman–Crippen MR) is 111 cm³/mol. The molecule has 0 bridgehead atoms. The van der Waals surface area contributed by atoms with E-state index >= 15 is 0 Å². The highest BCUT2D eigenvalue weighted by Gasteiger charge is 2.37. The summed E-state index contributed by atoms with van der Waals surface area (Å²) >= 11 is 0. The molecule has 0 radical (unpaired) electrons. The average molecular weight is 492 g/mol. The maximum Gasteiger partial charge on any atom is 0.416 e. The number of rotatable bonds is 4. The highest BCUT2D eigenvalue weighted by molar-refractivity contribution is 5.89. The Labute approximate surface area is 191 Å². The van der Waals surface area contributed by atoms with Crippen LogP contribution in [0, 0.1) is 5.82 Å². The lowest BCUT2D eigenvalue weighted by molar-refractivity contribution is -0.143. The number of amides is 1. The van der Waals surface area contributed by atoms with Crippen LogP contribution in [0.5, 0.6) is 0 Å². The molecule has 1 amide bonds. The van der Waals surface area contributed by atoms with Crippen molar-refractivity contribution in [2.24, 2.45) is 0 Å². The smallest absolute Gasteiger partial charge is 0.416 e. The molecule has 11 heteroatoms. The molecule has 0 fully saturated rings. The van der Waals surface area contributed by atoms with E-state index < -0.39 is 47.5 Å². The highest BCUT2D eigenvalue weighted by Crippen LogP contribution is 2.38. The second-order valence-electron chi connectivity index (χ2n) is 8.25. The van der Waals surface area contributed by atoms with Crippen LogP contribution in [0.2, 0.25) is 0 Å². The molecule has 1 unspecified atom stereocenters. The van der Waals surface area contributed by atoms with Gasteiger partial charge in [0.15, 0.2) is 0 Å². The summed E-state index contributed by atoms with van der Waals surface area (Å²) in [5.74, 6) is -0.653. The van der Waals surface area contributed by atoms with Gasteiger partial charge >= 0.3 is 18.4 Å². The van der Waals surface area contributed by atoms with Gasteiger partial charge in [-0.25, -0.2) is 9.18 Å². The van der Waals surface area contributed by atoms with Crippen molar-refractivity contribution in [3.63, 3.8) is 0 Å². The summed E-state index contributed by atoms with van der Waals surface area (Å²) in [7, 11) is 0. The SMILES string of the molecule is CC(C)OC(=O)N1CCCC(NCc2cc(C(F)(F)F)cc(C(F)(F)F)c2)c2c(F)cccc21. The Kier molecular flexibility index (Phi) is 7.44. The van der Waals surface area contributed by atoms with Crippen LogP contribution in [0.15, 0.2) is 36.4 Å². The second-order valence-corrected chi connectivity index (χ2v) is 8.25. The third kappa shape index (κ3) is 5.99.